The van der Waals surface area contributed by atoms with E-state index in [9.17, 15) is 35.1 Å². The number of carbonyl (C=O) groups is 2. The summed E-state index contributed by atoms with van der Waals surface area (Å²) in [5.74, 6) is -0.194. The fraction of sp³-hybridized carbons (Fsp3) is 0.838. The molecule has 6 N–H and O–H groups in total. The van der Waals surface area contributed by atoms with Gasteiger partial charge in [0.05, 0.1) is 32.0 Å². The van der Waals surface area contributed by atoms with Gasteiger partial charge in [-0.3, -0.25) is 9.59 Å². The van der Waals surface area contributed by atoms with Crippen LogP contribution in [0.15, 0.2) is 60.8 Å². The Morgan fingerprint density at radius 2 is 0.776 bits per heavy atom. The lowest BCUT2D eigenvalue weighted by molar-refractivity contribution is -0.302. The second-order valence-electron chi connectivity index (χ2n) is 24.9. The highest BCUT2D eigenvalue weighted by atomic mass is 16.7. The molecule has 0 aromatic heterocycles. The molecule has 1 aliphatic heterocycles. The summed E-state index contributed by atoms with van der Waals surface area (Å²) in [6.45, 7) is 4.29. The summed E-state index contributed by atoms with van der Waals surface area (Å²) in [5, 5.41) is 54.5. The molecular weight excluding hydrogens is 1060 g/mol. The number of unbranched alkanes of at least 4 members (excludes halogenated alkanes) is 41. The van der Waals surface area contributed by atoms with Crippen molar-refractivity contribution in [2.24, 2.45) is 0 Å². The molecule has 1 fully saturated rings. The number of aliphatic hydroxyl groups excluding tert-OH is 5. The van der Waals surface area contributed by atoms with Gasteiger partial charge in [-0.1, -0.05) is 280 Å². The van der Waals surface area contributed by atoms with Crippen molar-refractivity contribution in [1.82, 2.24) is 5.32 Å². The SMILES string of the molecule is CCCC/C=C\CCCCCCCC(=O)OCCCCCCCCCCCCCC/C=C\CCCCCCCCCCCCCCCCCCC(=O)NC(COC1OC(CO)C(O)C(O)C1O)C(O)/C=C/CC/C=C/CC/C=C/CCCCCC. The summed E-state index contributed by atoms with van der Waals surface area (Å²) in [5.41, 5.74) is 0. The van der Waals surface area contributed by atoms with E-state index in [4.69, 9.17) is 14.2 Å². The molecule has 1 amide bonds. The van der Waals surface area contributed by atoms with Crippen LogP contribution in [-0.2, 0) is 23.8 Å². The minimum absolute atomic E-state index is 0.00112. The van der Waals surface area contributed by atoms with Gasteiger partial charge in [-0.25, -0.2) is 0 Å². The summed E-state index contributed by atoms with van der Waals surface area (Å²) in [6.07, 6.45) is 73.6. The number of rotatable bonds is 63. The molecule has 1 heterocycles. The van der Waals surface area contributed by atoms with Crippen LogP contribution in [0.2, 0.25) is 0 Å². The van der Waals surface area contributed by atoms with Gasteiger partial charge in [-0.2, -0.15) is 0 Å². The van der Waals surface area contributed by atoms with E-state index < -0.39 is 49.5 Å². The number of amides is 1. The van der Waals surface area contributed by atoms with Gasteiger partial charge in [0, 0.05) is 12.8 Å². The van der Waals surface area contributed by atoms with Gasteiger partial charge in [0.25, 0.3) is 0 Å². The molecular formula is C74H135NO10. The van der Waals surface area contributed by atoms with Crippen LogP contribution in [0.5, 0.6) is 0 Å². The Morgan fingerprint density at radius 3 is 1.20 bits per heavy atom. The van der Waals surface area contributed by atoms with Gasteiger partial charge in [0.1, 0.15) is 24.4 Å². The summed E-state index contributed by atoms with van der Waals surface area (Å²) < 4.78 is 16.7. The van der Waals surface area contributed by atoms with E-state index in [0.29, 0.717) is 19.4 Å². The van der Waals surface area contributed by atoms with Crippen LogP contribution in [0.3, 0.4) is 0 Å². The third kappa shape index (κ3) is 51.9. The number of hydrogen-bond acceptors (Lipinski definition) is 10. The predicted octanol–water partition coefficient (Wildman–Crippen LogP) is 18.5. The molecule has 1 aliphatic rings. The topological polar surface area (TPSA) is 175 Å². The Hall–Kier alpha value is -2.64. The van der Waals surface area contributed by atoms with Gasteiger partial charge >= 0.3 is 5.97 Å². The highest BCUT2D eigenvalue weighted by Gasteiger charge is 2.44. The average Bonchev–Trinajstić information content (AvgIpc) is 3.51. The van der Waals surface area contributed by atoms with Crippen molar-refractivity contribution >= 4 is 11.9 Å². The highest BCUT2D eigenvalue weighted by molar-refractivity contribution is 5.76. The maximum atomic E-state index is 13.1. The molecule has 7 unspecified atom stereocenters. The number of hydrogen-bond donors (Lipinski definition) is 6. The Kier molecular flexibility index (Phi) is 59.5. The highest BCUT2D eigenvalue weighted by Crippen LogP contribution is 2.23. The smallest absolute Gasteiger partial charge is 0.305 e. The van der Waals surface area contributed by atoms with Gasteiger partial charge < -0.3 is 45.1 Å². The molecule has 0 aromatic carbocycles. The van der Waals surface area contributed by atoms with E-state index in [1.807, 2.05) is 6.08 Å². The van der Waals surface area contributed by atoms with Crippen molar-refractivity contribution in [1.29, 1.82) is 0 Å². The van der Waals surface area contributed by atoms with E-state index in [1.54, 1.807) is 6.08 Å². The third-order valence-electron chi connectivity index (χ3n) is 16.8. The molecule has 0 radical (unpaired) electrons. The lowest BCUT2D eigenvalue weighted by Gasteiger charge is -2.40. The fourth-order valence-electron chi connectivity index (χ4n) is 11.1. The van der Waals surface area contributed by atoms with Crippen LogP contribution in [0.4, 0.5) is 0 Å². The Morgan fingerprint density at radius 1 is 0.424 bits per heavy atom. The Bertz CT molecular complexity index is 1600. The molecule has 11 nitrogen and oxygen atoms in total. The zero-order valence-corrected chi connectivity index (χ0v) is 55.1. The van der Waals surface area contributed by atoms with Crippen LogP contribution < -0.4 is 5.32 Å². The van der Waals surface area contributed by atoms with E-state index in [2.05, 4.69) is 67.8 Å². The molecule has 1 rings (SSSR count). The number of esters is 1. The molecule has 0 bridgehead atoms. The van der Waals surface area contributed by atoms with Gasteiger partial charge in [0.2, 0.25) is 5.91 Å². The molecule has 0 aliphatic carbocycles. The first-order valence-electron chi connectivity index (χ1n) is 36.1. The number of nitrogens with one attached hydrogen (secondary N) is 1. The first kappa shape index (κ1) is 80.4. The monoisotopic (exact) mass is 1200 g/mol. The van der Waals surface area contributed by atoms with Crippen molar-refractivity contribution in [2.75, 3.05) is 19.8 Å². The van der Waals surface area contributed by atoms with E-state index >= 15 is 0 Å². The lowest BCUT2D eigenvalue weighted by atomic mass is 9.99. The first-order valence-corrected chi connectivity index (χ1v) is 36.1. The summed E-state index contributed by atoms with van der Waals surface area (Å²) in [4.78, 5) is 25.1. The minimum atomic E-state index is -1.58. The maximum Gasteiger partial charge on any atom is 0.305 e. The molecule has 0 aromatic rings. The molecule has 0 saturated carbocycles. The molecule has 85 heavy (non-hydrogen) atoms. The molecule has 0 spiro atoms. The van der Waals surface area contributed by atoms with Crippen molar-refractivity contribution in [3.05, 3.63) is 60.8 Å². The summed E-state index contributed by atoms with van der Waals surface area (Å²) >= 11 is 0. The van der Waals surface area contributed by atoms with E-state index in [-0.39, 0.29) is 18.5 Å². The van der Waals surface area contributed by atoms with Gasteiger partial charge in [0.15, 0.2) is 6.29 Å². The molecule has 496 valence electrons. The molecule has 1 saturated heterocycles. The largest absolute Gasteiger partial charge is 0.466 e. The van der Waals surface area contributed by atoms with Crippen molar-refractivity contribution in [3.63, 3.8) is 0 Å². The molecule has 7 atom stereocenters. The zero-order valence-electron chi connectivity index (χ0n) is 55.1. The molecule has 11 heteroatoms. The number of aliphatic hydroxyl groups is 5. The van der Waals surface area contributed by atoms with Crippen LogP contribution in [0, 0.1) is 0 Å². The van der Waals surface area contributed by atoms with Crippen LogP contribution in [0.1, 0.15) is 335 Å². The van der Waals surface area contributed by atoms with E-state index in [0.717, 1.165) is 70.6 Å². The standard InChI is InChI=1S/C74H135NO10/c1-3-5-7-9-11-13-15-16-37-41-44-48-52-56-60-67(77)66(65-84-74-73(82)72(81)71(80)68(64-76)85-74)75-69(78)61-57-53-49-45-42-38-35-33-31-29-27-25-23-21-19-17-18-20-22-24-26-28-30-32-34-36-39-43-47-51-55-59-63-83-70(79)62-58-54-50-46-40-14-12-10-8-6-4-2/h10,12-13,15,20,22,41,44,56,60,66-68,71-74,76-77,80-82H,3-9,11,14,16-19,21,23-40,42-43,45-55,57-59,61-65H2,1-2H3,(H,75,78)/b12-10-,15-13+,22-20-,44-41+,60-56+. The van der Waals surface area contributed by atoms with E-state index in [1.165, 1.54) is 238 Å². The summed E-state index contributed by atoms with van der Waals surface area (Å²) in [6, 6.07) is -0.834. The second kappa shape index (κ2) is 62.9. The van der Waals surface area contributed by atoms with Crippen molar-refractivity contribution < 1.29 is 49.3 Å². The summed E-state index contributed by atoms with van der Waals surface area (Å²) in [7, 11) is 0. The Balaban J connectivity index is 1.98. The first-order chi connectivity index (χ1) is 41.7. The van der Waals surface area contributed by atoms with Gasteiger partial charge in [-0.15, -0.1) is 0 Å². The van der Waals surface area contributed by atoms with Crippen molar-refractivity contribution in [2.45, 2.75) is 378 Å². The average molecular weight is 1200 g/mol. The normalized spacial score (nSPS) is 18.3. The lowest BCUT2D eigenvalue weighted by Crippen LogP contribution is -2.60. The third-order valence-corrected chi connectivity index (χ3v) is 16.8. The van der Waals surface area contributed by atoms with Crippen LogP contribution in [-0.4, -0.2) is 100 Å². The van der Waals surface area contributed by atoms with Crippen molar-refractivity contribution in [3.8, 4) is 0 Å². The minimum Gasteiger partial charge on any atom is -0.466 e. The van der Waals surface area contributed by atoms with Gasteiger partial charge in [-0.05, 0) is 103 Å². The number of ether oxygens (including phenoxy) is 3. The number of allylic oxidation sites excluding steroid dienone is 9. The van der Waals surface area contributed by atoms with Crippen LogP contribution in [0.25, 0.3) is 0 Å². The predicted molar refractivity (Wildman–Crippen MR) is 357 cm³/mol. The second-order valence-corrected chi connectivity index (χ2v) is 24.9. The Labute approximate surface area is 522 Å². The quantitative estimate of drug-likeness (QED) is 0.0195. The zero-order chi connectivity index (χ0) is 61.6. The number of carbonyl (C=O) groups excluding carboxylic acids is 2. The fourth-order valence-corrected chi connectivity index (χ4v) is 11.1. The maximum absolute atomic E-state index is 13.1. The van der Waals surface area contributed by atoms with Crippen LogP contribution >= 0.6 is 0 Å².